The molecule has 0 unspecified atom stereocenters. The fourth-order valence-electron chi connectivity index (χ4n) is 3.54. The van der Waals surface area contributed by atoms with Crippen LogP contribution >= 0.6 is 11.6 Å². The van der Waals surface area contributed by atoms with E-state index in [4.69, 9.17) is 11.6 Å². The van der Waals surface area contributed by atoms with Gasteiger partial charge in [0, 0.05) is 11.1 Å². The van der Waals surface area contributed by atoms with Gasteiger partial charge in [-0.25, -0.2) is 8.42 Å². The average molecular weight is 435 g/mol. The Morgan fingerprint density at radius 3 is 2.34 bits per heavy atom. The van der Waals surface area contributed by atoms with Crippen molar-refractivity contribution in [3.8, 4) is 0 Å². The molecule has 0 heterocycles. The monoisotopic (exact) mass is 434 g/mol. The molecule has 0 aromatic heterocycles. The first kappa shape index (κ1) is 21.7. The Hall–Kier alpha value is -2.05. The number of aryl methyl sites for hydroxylation is 2. The summed E-state index contributed by atoms with van der Waals surface area (Å²) < 4.78 is 27.9. The highest BCUT2D eigenvalue weighted by Gasteiger charge is 2.28. The number of nitrogens with zero attached hydrogens (tertiary/aromatic N) is 1. The molecule has 0 saturated heterocycles. The summed E-state index contributed by atoms with van der Waals surface area (Å²) in [4.78, 5) is 12.9. The number of hydrogen-bond acceptors (Lipinski definition) is 3. The molecule has 2 aromatic rings. The number of carbonyl (C=O) groups excluding carboxylic acids is 1. The lowest BCUT2D eigenvalue weighted by atomic mass is 9.95. The highest BCUT2D eigenvalue weighted by atomic mass is 35.5. The van der Waals surface area contributed by atoms with Gasteiger partial charge in [0.1, 0.15) is 6.54 Å². The van der Waals surface area contributed by atoms with Crippen molar-refractivity contribution in [1.82, 2.24) is 5.32 Å². The van der Waals surface area contributed by atoms with Crippen LogP contribution in [-0.2, 0) is 14.8 Å². The van der Waals surface area contributed by atoms with E-state index in [-0.39, 0.29) is 23.4 Å². The first-order chi connectivity index (χ1) is 13.8. The van der Waals surface area contributed by atoms with E-state index < -0.39 is 10.0 Å². The van der Waals surface area contributed by atoms with Gasteiger partial charge in [0.05, 0.1) is 10.6 Å². The van der Waals surface area contributed by atoms with E-state index in [1.54, 1.807) is 42.5 Å². The van der Waals surface area contributed by atoms with Crippen molar-refractivity contribution in [2.24, 2.45) is 0 Å². The predicted octanol–water partition coefficient (Wildman–Crippen LogP) is 4.60. The van der Waals surface area contributed by atoms with Gasteiger partial charge in [-0.1, -0.05) is 54.6 Å². The Bertz CT molecular complexity index is 968. The Morgan fingerprint density at radius 1 is 1.07 bits per heavy atom. The smallest absolute Gasteiger partial charge is 0.264 e. The molecule has 1 aliphatic carbocycles. The Balaban J connectivity index is 1.91. The molecule has 5 nitrogen and oxygen atoms in total. The van der Waals surface area contributed by atoms with Gasteiger partial charge in [0.2, 0.25) is 5.91 Å². The van der Waals surface area contributed by atoms with Gasteiger partial charge in [0.15, 0.2) is 0 Å². The van der Waals surface area contributed by atoms with Crippen molar-refractivity contribution < 1.29 is 13.2 Å². The highest BCUT2D eigenvalue weighted by molar-refractivity contribution is 7.92. The van der Waals surface area contributed by atoms with Crippen LogP contribution in [0.5, 0.6) is 0 Å². The second-order valence-corrected chi connectivity index (χ2v) is 9.93. The van der Waals surface area contributed by atoms with E-state index >= 15 is 0 Å². The van der Waals surface area contributed by atoms with Crippen molar-refractivity contribution in [3.05, 3.63) is 58.6 Å². The molecule has 1 fully saturated rings. The van der Waals surface area contributed by atoms with Gasteiger partial charge >= 0.3 is 0 Å². The molecule has 1 saturated carbocycles. The van der Waals surface area contributed by atoms with Crippen LogP contribution in [0.15, 0.2) is 47.4 Å². The standard InChI is InChI=1S/C22H27ClN2O3S/c1-16-8-12-20(13-9-16)29(27,28)25(19-11-10-17(2)21(23)14-19)15-22(26)24-18-6-4-3-5-7-18/h8-14,18H,3-7,15H2,1-2H3,(H,24,26). The number of nitrogens with one attached hydrogen (secondary N) is 1. The number of amides is 1. The summed E-state index contributed by atoms with van der Waals surface area (Å²) in [7, 11) is -3.92. The summed E-state index contributed by atoms with van der Waals surface area (Å²) in [5, 5.41) is 3.46. The van der Waals surface area contributed by atoms with Crippen LogP contribution < -0.4 is 9.62 Å². The molecule has 0 radical (unpaired) electrons. The quantitative estimate of drug-likeness (QED) is 0.722. The SMILES string of the molecule is Cc1ccc(S(=O)(=O)N(CC(=O)NC2CCCCC2)c2ccc(C)c(Cl)c2)cc1. The third-order valence-corrected chi connectivity index (χ3v) is 7.51. The second-order valence-electron chi connectivity index (χ2n) is 7.66. The molecule has 0 spiro atoms. The van der Waals surface area contributed by atoms with Gasteiger partial charge in [-0.15, -0.1) is 0 Å². The van der Waals surface area contributed by atoms with E-state index in [1.165, 1.54) is 6.42 Å². The fraction of sp³-hybridized carbons (Fsp3) is 0.409. The van der Waals surface area contributed by atoms with E-state index in [1.807, 2.05) is 13.8 Å². The molecule has 2 aromatic carbocycles. The maximum atomic E-state index is 13.4. The first-order valence-electron chi connectivity index (χ1n) is 9.92. The molecule has 0 atom stereocenters. The first-order valence-corrected chi connectivity index (χ1v) is 11.7. The lowest BCUT2D eigenvalue weighted by molar-refractivity contribution is -0.120. The molecule has 1 aliphatic rings. The normalized spacial score (nSPS) is 15.1. The fourth-order valence-corrected chi connectivity index (χ4v) is 5.13. The van der Waals surface area contributed by atoms with E-state index in [0.717, 1.165) is 41.1 Å². The summed E-state index contributed by atoms with van der Waals surface area (Å²) >= 11 is 6.24. The molecule has 3 rings (SSSR count). The number of hydrogen-bond donors (Lipinski definition) is 1. The van der Waals surface area contributed by atoms with Gasteiger partial charge in [-0.2, -0.15) is 0 Å². The van der Waals surface area contributed by atoms with Crippen LogP contribution in [0.3, 0.4) is 0 Å². The maximum Gasteiger partial charge on any atom is 0.264 e. The minimum absolute atomic E-state index is 0.113. The number of rotatable bonds is 6. The van der Waals surface area contributed by atoms with Crippen LogP contribution in [-0.4, -0.2) is 26.9 Å². The third kappa shape index (κ3) is 5.31. The Morgan fingerprint density at radius 2 is 1.72 bits per heavy atom. The molecular weight excluding hydrogens is 408 g/mol. The number of anilines is 1. The van der Waals surface area contributed by atoms with Crippen LogP contribution in [0, 0.1) is 13.8 Å². The van der Waals surface area contributed by atoms with Crippen molar-refractivity contribution in [2.45, 2.75) is 56.9 Å². The third-order valence-electron chi connectivity index (χ3n) is 5.31. The van der Waals surface area contributed by atoms with Gasteiger partial charge in [-0.3, -0.25) is 9.10 Å². The largest absolute Gasteiger partial charge is 0.352 e. The van der Waals surface area contributed by atoms with Crippen molar-refractivity contribution in [1.29, 1.82) is 0 Å². The number of sulfonamides is 1. The minimum atomic E-state index is -3.92. The molecule has 1 N–H and O–H groups in total. The predicted molar refractivity (Wildman–Crippen MR) is 117 cm³/mol. The maximum absolute atomic E-state index is 13.4. The molecule has 7 heteroatoms. The van der Waals surface area contributed by atoms with Crippen LogP contribution in [0.4, 0.5) is 5.69 Å². The van der Waals surface area contributed by atoms with E-state index in [9.17, 15) is 13.2 Å². The molecule has 0 bridgehead atoms. The summed E-state index contributed by atoms with van der Waals surface area (Å²) in [6.45, 7) is 3.46. The van der Waals surface area contributed by atoms with Gasteiger partial charge < -0.3 is 5.32 Å². The lowest BCUT2D eigenvalue weighted by Crippen LogP contribution is -2.44. The summed E-state index contributed by atoms with van der Waals surface area (Å²) in [6, 6.07) is 11.8. The molecule has 1 amide bonds. The number of benzene rings is 2. The zero-order valence-corrected chi connectivity index (χ0v) is 18.4. The second kappa shape index (κ2) is 9.18. The van der Waals surface area contributed by atoms with E-state index in [0.29, 0.717) is 10.7 Å². The highest BCUT2D eigenvalue weighted by Crippen LogP contribution is 2.28. The number of carbonyl (C=O) groups is 1. The van der Waals surface area contributed by atoms with E-state index in [2.05, 4.69) is 5.32 Å². The molecule has 29 heavy (non-hydrogen) atoms. The summed E-state index contributed by atoms with van der Waals surface area (Å²) in [5.41, 5.74) is 2.18. The molecule has 156 valence electrons. The van der Waals surface area contributed by atoms with Crippen LogP contribution in [0.25, 0.3) is 0 Å². The lowest BCUT2D eigenvalue weighted by Gasteiger charge is -2.27. The topological polar surface area (TPSA) is 66.5 Å². The van der Waals surface area contributed by atoms with Crippen molar-refractivity contribution in [3.63, 3.8) is 0 Å². The Kier molecular flexibility index (Phi) is 6.85. The number of halogens is 1. The average Bonchev–Trinajstić information content (AvgIpc) is 2.69. The van der Waals surface area contributed by atoms with Crippen molar-refractivity contribution in [2.75, 3.05) is 10.8 Å². The van der Waals surface area contributed by atoms with Gasteiger partial charge in [0.25, 0.3) is 10.0 Å². The molecular formula is C22H27ClN2O3S. The Labute approximate surface area is 178 Å². The van der Waals surface area contributed by atoms with Gasteiger partial charge in [-0.05, 0) is 56.5 Å². The van der Waals surface area contributed by atoms with Crippen LogP contribution in [0.1, 0.15) is 43.2 Å². The summed E-state index contributed by atoms with van der Waals surface area (Å²) in [6.07, 6.45) is 5.23. The zero-order valence-electron chi connectivity index (χ0n) is 16.8. The summed E-state index contributed by atoms with van der Waals surface area (Å²) in [5.74, 6) is -0.302. The van der Waals surface area contributed by atoms with Crippen LogP contribution in [0.2, 0.25) is 5.02 Å². The van der Waals surface area contributed by atoms with Crippen molar-refractivity contribution >= 4 is 33.2 Å². The minimum Gasteiger partial charge on any atom is -0.352 e. The molecule has 0 aliphatic heterocycles. The zero-order chi connectivity index (χ0) is 21.0.